The zero-order valence-electron chi connectivity index (χ0n) is 12.8. The van der Waals surface area contributed by atoms with Gasteiger partial charge in [-0.25, -0.2) is 4.98 Å². The van der Waals surface area contributed by atoms with Crippen LogP contribution >= 0.6 is 0 Å². The topological polar surface area (TPSA) is 49.8 Å². The van der Waals surface area contributed by atoms with E-state index < -0.39 is 0 Å². The van der Waals surface area contributed by atoms with Crippen LogP contribution in [0.1, 0.15) is 40.5 Å². The predicted octanol–water partition coefficient (Wildman–Crippen LogP) is 4.05. The molecular weight excluding hydrogens is 248 g/mol. The molecule has 0 saturated heterocycles. The second-order valence-electron chi connectivity index (χ2n) is 5.70. The summed E-state index contributed by atoms with van der Waals surface area (Å²) in [7, 11) is 0. The maximum atomic E-state index is 4.64. The molecule has 0 radical (unpaired) electrons. The highest BCUT2D eigenvalue weighted by molar-refractivity contribution is 5.90. The molecule has 2 rings (SSSR count). The van der Waals surface area contributed by atoms with Crippen LogP contribution in [0, 0.1) is 0 Å². The van der Waals surface area contributed by atoms with Crippen LogP contribution in [-0.4, -0.2) is 22.1 Å². The van der Waals surface area contributed by atoms with E-state index in [4.69, 9.17) is 0 Å². The summed E-state index contributed by atoms with van der Waals surface area (Å²) in [6, 6.07) is 8.12. The van der Waals surface area contributed by atoms with E-state index in [-0.39, 0.29) is 5.54 Å². The Hall–Kier alpha value is -1.84. The molecule has 0 spiro atoms. The average Bonchev–Trinajstić information content (AvgIpc) is 2.45. The normalized spacial score (nSPS) is 11.6. The first kappa shape index (κ1) is 14.6. The van der Waals surface area contributed by atoms with Crippen LogP contribution in [0.3, 0.4) is 0 Å². The molecule has 1 aromatic carbocycles. The van der Waals surface area contributed by atoms with E-state index in [9.17, 15) is 0 Å². The van der Waals surface area contributed by atoms with Gasteiger partial charge in [0.25, 0.3) is 0 Å². The van der Waals surface area contributed by atoms with Crippen LogP contribution in [0.25, 0.3) is 10.9 Å². The molecule has 0 saturated carbocycles. The van der Waals surface area contributed by atoms with Crippen molar-refractivity contribution in [3.05, 3.63) is 24.3 Å². The van der Waals surface area contributed by atoms with Crippen molar-refractivity contribution < 1.29 is 0 Å². The Morgan fingerprint density at radius 1 is 1.10 bits per heavy atom. The quantitative estimate of drug-likeness (QED) is 0.833. The minimum absolute atomic E-state index is 0.0130. The summed E-state index contributed by atoms with van der Waals surface area (Å²) in [4.78, 5) is 9.21. The zero-order chi connectivity index (χ0) is 14.6. The molecule has 0 unspecified atom stereocenters. The van der Waals surface area contributed by atoms with Gasteiger partial charge in [0.1, 0.15) is 5.82 Å². The Labute approximate surface area is 121 Å². The number of nitrogens with zero attached hydrogens (tertiary/aromatic N) is 2. The molecule has 2 aromatic rings. The number of anilines is 2. The van der Waals surface area contributed by atoms with Crippen molar-refractivity contribution in [2.45, 2.75) is 46.1 Å². The van der Waals surface area contributed by atoms with E-state index in [1.165, 1.54) is 0 Å². The lowest BCUT2D eigenvalue weighted by Crippen LogP contribution is -2.30. The summed E-state index contributed by atoms with van der Waals surface area (Å²) in [6.07, 6.45) is 2.09. The minimum Gasteiger partial charge on any atom is -0.365 e. The first-order chi connectivity index (χ1) is 9.55. The predicted molar refractivity (Wildman–Crippen MR) is 86.3 cm³/mol. The maximum Gasteiger partial charge on any atom is 0.225 e. The van der Waals surface area contributed by atoms with Gasteiger partial charge in [0.15, 0.2) is 0 Å². The largest absolute Gasteiger partial charge is 0.365 e. The Kier molecular flexibility index (Phi) is 4.42. The molecule has 0 fully saturated rings. The molecule has 0 aliphatic carbocycles. The molecule has 0 bridgehead atoms. The van der Waals surface area contributed by atoms with E-state index in [0.717, 1.165) is 36.1 Å². The molecule has 2 N–H and O–H groups in total. The summed E-state index contributed by atoms with van der Waals surface area (Å²) in [5.74, 6) is 1.60. The van der Waals surface area contributed by atoms with Gasteiger partial charge >= 0.3 is 0 Å². The van der Waals surface area contributed by atoms with Gasteiger partial charge in [0, 0.05) is 17.5 Å². The van der Waals surface area contributed by atoms with Gasteiger partial charge in [-0.15, -0.1) is 0 Å². The van der Waals surface area contributed by atoms with Gasteiger partial charge in [0.2, 0.25) is 5.95 Å². The van der Waals surface area contributed by atoms with Crippen molar-refractivity contribution in [3.8, 4) is 0 Å². The van der Waals surface area contributed by atoms with Gasteiger partial charge in [-0.1, -0.05) is 26.0 Å². The Bertz CT molecular complexity index is 578. The molecule has 0 aliphatic heterocycles. The number of nitrogens with one attached hydrogen (secondary N) is 2. The van der Waals surface area contributed by atoms with Crippen LogP contribution < -0.4 is 10.6 Å². The molecule has 4 nitrogen and oxygen atoms in total. The summed E-state index contributed by atoms with van der Waals surface area (Å²) in [6.45, 7) is 9.56. The SMILES string of the molecule is CCCNc1nc(NC(C)(C)CC)c2ccccc2n1. The highest BCUT2D eigenvalue weighted by atomic mass is 15.2. The molecule has 1 aromatic heterocycles. The molecule has 0 aliphatic rings. The summed E-state index contributed by atoms with van der Waals surface area (Å²) >= 11 is 0. The van der Waals surface area contributed by atoms with Crippen molar-refractivity contribution in [1.82, 2.24) is 9.97 Å². The fourth-order valence-corrected chi connectivity index (χ4v) is 1.90. The standard InChI is InChI=1S/C16H24N4/c1-5-11-17-15-18-13-10-8-7-9-12(13)14(19-15)20-16(3,4)6-2/h7-10H,5-6,11H2,1-4H3,(H2,17,18,19,20). The molecule has 20 heavy (non-hydrogen) atoms. The maximum absolute atomic E-state index is 4.64. The summed E-state index contributed by atoms with van der Waals surface area (Å²) < 4.78 is 0. The first-order valence-corrected chi connectivity index (χ1v) is 7.34. The lowest BCUT2D eigenvalue weighted by molar-refractivity contribution is 0.545. The fraction of sp³-hybridized carbons (Fsp3) is 0.500. The lowest BCUT2D eigenvalue weighted by Gasteiger charge is -2.26. The number of para-hydroxylation sites is 1. The molecule has 0 atom stereocenters. The highest BCUT2D eigenvalue weighted by Crippen LogP contribution is 2.25. The van der Waals surface area contributed by atoms with Crippen LogP contribution in [-0.2, 0) is 0 Å². The van der Waals surface area contributed by atoms with Crippen molar-refractivity contribution in [2.75, 3.05) is 17.2 Å². The second kappa shape index (κ2) is 6.07. The third kappa shape index (κ3) is 3.38. The van der Waals surface area contributed by atoms with Crippen molar-refractivity contribution in [1.29, 1.82) is 0 Å². The Balaban J connectivity index is 2.43. The molecule has 1 heterocycles. The van der Waals surface area contributed by atoms with Gasteiger partial charge in [-0.05, 0) is 38.8 Å². The number of hydrogen-bond donors (Lipinski definition) is 2. The average molecular weight is 272 g/mol. The number of hydrogen-bond acceptors (Lipinski definition) is 4. The van der Waals surface area contributed by atoms with Crippen LogP contribution in [0.5, 0.6) is 0 Å². The number of fused-ring (bicyclic) bond motifs is 1. The van der Waals surface area contributed by atoms with Gasteiger partial charge < -0.3 is 10.6 Å². The van der Waals surface area contributed by atoms with Crippen LogP contribution in [0.15, 0.2) is 24.3 Å². The van der Waals surface area contributed by atoms with E-state index >= 15 is 0 Å². The smallest absolute Gasteiger partial charge is 0.225 e. The van der Waals surface area contributed by atoms with E-state index in [0.29, 0.717) is 5.95 Å². The third-order valence-electron chi connectivity index (χ3n) is 3.48. The lowest BCUT2D eigenvalue weighted by atomic mass is 10.0. The fourth-order valence-electron chi connectivity index (χ4n) is 1.90. The monoisotopic (exact) mass is 272 g/mol. The molecular formula is C16H24N4. The van der Waals surface area contributed by atoms with Crippen molar-refractivity contribution >= 4 is 22.7 Å². The third-order valence-corrected chi connectivity index (χ3v) is 3.48. The number of benzene rings is 1. The Morgan fingerprint density at radius 3 is 2.55 bits per heavy atom. The minimum atomic E-state index is 0.0130. The van der Waals surface area contributed by atoms with Gasteiger partial charge in [-0.3, -0.25) is 0 Å². The molecule has 0 amide bonds. The zero-order valence-corrected chi connectivity index (χ0v) is 12.8. The van der Waals surface area contributed by atoms with Crippen molar-refractivity contribution in [3.63, 3.8) is 0 Å². The van der Waals surface area contributed by atoms with Crippen LogP contribution in [0.2, 0.25) is 0 Å². The second-order valence-corrected chi connectivity index (χ2v) is 5.70. The molecule has 108 valence electrons. The van der Waals surface area contributed by atoms with E-state index in [2.05, 4.69) is 54.4 Å². The molecule has 4 heteroatoms. The number of rotatable bonds is 6. The summed E-state index contributed by atoms with van der Waals surface area (Å²) in [5.41, 5.74) is 0.981. The van der Waals surface area contributed by atoms with Crippen LogP contribution in [0.4, 0.5) is 11.8 Å². The van der Waals surface area contributed by atoms with E-state index in [1.54, 1.807) is 0 Å². The van der Waals surface area contributed by atoms with E-state index in [1.807, 2.05) is 18.2 Å². The summed E-state index contributed by atoms with van der Waals surface area (Å²) in [5, 5.41) is 7.87. The Morgan fingerprint density at radius 2 is 1.85 bits per heavy atom. The first-order valence-electron chi connectivity index (χ1n) is 7.34. The van der Waals surface area contributed by atoms with Gasteiger partial charge in [0.05, 0.1) is 5.52 Å². The number of aromatic nitrogens is 2. The van der Waals surface area contributed by atoms with Crippen molar-refractivity contribution in [2.24, 2.45) is 0 Å². The highest BCUT2D eigenvalue weighted by Gasteiger charge is 2.17. The van der Waals surface area contributed by atoms with Gasteiger partial charge in [-0.2, -0.15) is 4.98 Å².